The molecule has 0 heterocycles. The lowest BCUT2D eigenvalue weighted by Gasteiger charge is -2.04. The van der Waals surface area contributed by atoms with Crippen LogP contribution in [0.1, 0.15) is 5.56 Å². The van der Waals surface area contributed by atoms with Gasteiger partial charge in [0.25, 0.3) is 5.84 Å². The van der Waals surface area contributed by atoms with E-state index in [1.54, 1.807) is 42.5 Å². The predicted molar refractivity (Wildman–Crippen MR) is 95.2 cm³/mol. The van der Waals surface area contributed by atoms with E-state index >= 15 is 0 Å². The van der Waals surface area contributed by atoms with Crippen LogP contribution in [0.5, 0.6) is 0 Å². The van der Waals surface area contributed by atoms with Crippen LogP contribution < -0.4 is 9.71 Å². The molecule has 0 aliphatic rings. The third-order valence-corrected chi connectivity index (χ3v) is 4.83. The quantitative estimate of drug-likeness (QED) is 0.557. The van der Waals surface area contributed by atoms with Gasteiger partial charge in [0.05, 0.1) is 5.56 Å². The second-order valence-electron chi connectivity index (χ2n) is 5.29. The molecular formula is C19H16FN2O2S+. The summed E-state index contributed by atoms with van der Waals surface area (Å²) in [4.78, 5) is 0.157. The summed E-state index contributed by atoms with van der Waals surface area (Å²) in [5.74, 6) is -0.0762. The molecule has 0 bridgehead atoms. The number of rotatable bonds is 4. The van der Waals surface area contributed by atoms with Crippen molar-refractivity contribution in [3.8, 4) is 0 Å². The molecule has 0 saturated carbocycles. The first-order valence-electron chi connectivity index (χ1n) is 7.57. The first kappa shape index (κ1) is 16.9. The molecule has 0 amide bonds. The minimum atomic E-state index is -3.76. The minimum Gasteiger partial charge on any atom is -0.240 e. The van der Waals surface area contributed by atoms with E-state index < -0.39 is 10.0 Å². The maximum absolute atomic E-state index is 13.1. The minimum absolute atomic E-state index is 0.157. The molecule has 2 N–H and O–H groups in total. The lowest BCUT2D eigenvalue weighted by Crippen LogP contribution is -2.78. The monoisotopic (exact) mass is 355 g/mol. The van der Waals surface area contributed by atoms with Crippen LogP contribution in [-0.2, 0) is 10.0 Å². The average Bonchev–Trinajstić information content (AvgIpc) is 2.64. The molecule has 3 rings (SSSR count). The molecule has 0 aromatic heterocycles. The van der Waals surface area contributed by atoms with Gasteiger partial charge in [-0.3, -0.25) is 0 Å². The van der Waals surface area contributed by atoms with Crippen molar-refractivity contribution in [2.24, 2.45) is 0 Å². The fourth-order valence-corrected chi connectivity index (χ4v) is 3.30. The third kappa shape index (κ3) is 4.30. The van der Waals surface area contributed by atoms with Crippen LogP contribution in [0.2, 0.25) is 0 Å². The number of anilines is 1. The van der Waals surface area contributed by atoms with Gasteiger partial charge in [0.2, 0.25) is 0 Å². The summed E-state index contributed by atoms with van der Waals surface area (Å²) >= 11 is 0. The molecule has 25 heavy (non-hydrogen) atoms. The molecular weight excluding hydrogens is 339 g/mol. The summed E-state index contributed by atoms with van der Waals surface area (Å²) in [6.45, 7) is 0. The topological polar surface area (TPSA) is 60.1 Å². The van der Waals surface area contributed by atoms with E-state index in [1.807, 2.05) is 6.07 Å². The average molecular weight is 355 g/mol. The molecule has 0 fully saturated rings. The Kier molecular flexibility index (Phi) is 4.90. The van der Waals surface area contributed by atoms with Crippen LogP contribution in [0.3, 0.4) is 0 Å². The second kappa shape index (κ2) is 7.27. The van der Waals surface area contributed by atoms with Crippen LogP contribution in [0.25, 0.3) is 0 Å². The highest BCUT2D eigenvalue weighted by atomic mass is 32.2. The summed E-state index contributed by atoms with van der Waals surface area (Å²) in [7, 11) is -3.76. The SMILES string of the molecule is O=S(=O)([NH+]=C(Nc1ccc(F)cc1)c1ccccc1)c1ccccc1. The van der Waals surface area contributed by atoms with Gasteiger partial charge in [0.15, 0.2) is 0 Å². The van der Waals surface area contributed by atoms with Gasteiger partial charge in [-0.25, -0.2) is 9.71 Å². The zero-order valence-corrected chi connectivity index (χ0v) is 14.0. The van der Waals surface area contributed by atoms with Gasteiger partial charge in [-0.2, -0.15) is 12.8 Å². The Morgan fingerprint density at radius 2 is 1.36 bits per heavy atom. The Hall–Kier alpha value is -2.99. The van der Waals surface area contributed by atoms with Crippen LogP contribution in [0.4, 0.5) is 10.1 Å². The highest BCUT2D eigenvalue weighted by Crippen LogP contribution is 2.10. The van der Waals surface area contributed by atoms with Crippen molar-refractivity contribution in [2.75, 3.05) is 5.32 Å². The molecule has 0 atom stereocenters. The fourth-order valence-electron chi connectivity index (χ4n) is 2.23. The van der Waals surface area contributed by atoms with Crippen molar-refractivity contribution >= 4 is 21.5 Å². The molecule has 126 valence electrons. The van der Waals surface area contributed by atoms with E-state index in [9.17, 15) is 12.8 Å². The number of benzene rings is 3. The van der Waals surface area contributed by atoms with Crippen LogP contribution in [-0.4, -0.2) is 14.3 Å². The van der Waals surface area contributed by atoms with Crippen molar-refractivity contribution in [3.63, 3.8) is 0 Å². The van der Waals surface area contributed by atoms with Gasteiger partial charge >= 0.3 is 10.0 Å². The van der Waals surface area contributed by atoms with Crippen molar-refractivity contribution in [2.45, 2.75) is 4.90 Å². The smallest absolute Gasteiger partial charge is 0.240 e. The molecule has 0 radical (unpaired) electrons. The molecule has 3 aromatic rings. The first-order chi connectivity index (χ1) is 12.0. The zero-order chi connectivity index (χ0) is 17.7. The van der Waals surface area contributed by atoms with E-state index in [0.717, 1.165) is 0 Å². The van der Waals surface area contributed by atoms with E-state index in [2.05, 4.69) is 9.71 Å². The number of sulfonamides is 1. The highest BCUT2D eigenvalue weighted by Gasteiger charge is 2.20. The number of nitrogens with one attached hydrogen (secondary N) is 2. The summed E-state index contributed by atoms with van der Waals surface area (Å²) < 4.78 is 40.9. The van der Waals surface area contributed by atoms with Crippen molar-refractivity contribution < 1.29 is 17.2 Å². The van der Waals surface area contributed by atoms with Gasteiger partial charge in [0, 0.05) is 0 Å². The van der Waals surface area contributed by atoms with Gasteiger partial charge in [0.1, 0.15) is 16.4 Å². The van der Waals surface area contributed by atoms with Gasteiger partial charge < -0.3 is 0 Å². The summed E-state index contributed by atoms with van der Waals surface area (Å²) in [5, 5.41) is 3.01. The number of amidine groups is 1. The Balaban J connectivity index is 2.03. The van der Waals surface area contributed by atoms with Gasteiger partial charge in [-0.1, -0.05) is 36.4 Å². The molecule has 0 spiro atoms. The Morgan fingerprint density at radius 1 is 0.800 bits per heavy atom. The maximum atomic E-state index is 13.1. The fraction of sp³-hybridized carbons (Fsp3) is 0. The largest absolute Gasteiger partial charge is 0.328 e. The summed E-state index contributed by atoms with van der Waals surface area (Å²) in [6.07, 6.45) is 0. The third-order valence-electron chi connectivity index (χ3n) is 3.47. The summed E-state index contributed by atoms with van der Waals surface area (Å²) in [6, 6.07) is 22.8. The van der Waals surface area contributed by atoms with E-state index in [-0.39, 0.29) is 16.5 Å². The van der Waals surface area contributed by atoms with Crippen LogP contribution >= 0.6 is 0 Å². The Labute approximate surface area is 145 Å². The molecule has 4 nitrogen and oxygen atoms in total. The van der Waals surface area contributed by atoms with Crippen LogP contribution in [0, 0.1) is 5.82 Å². The second-order valence-corrected chi connectivity index (χ2v) is 6.97. The zero-order valence-electron chi connectivity index (χ0n) is 13.2. The van der Waals surface area contributed by atoms with Crippen molar-refractivity contribution in [3.05, 3.63) is 96.3 Å². The molecule has 3 aromatic carbocycles. The van der Waals surface area contributed by atoms with E-state index in [0.29, 0.717) is 11.3 Å². The Morgan fingerprint density at radius 3 is 1.96 bits per heavy atom. The molecule has 0 aliphatic heterocycles. The van der Waals surface area contributed by atoms with Crippen molar-refractivity contribution in [1.82, 2.24) is 0 Å². The maximum Gasteiger partial charge on any atom is 0.328 e. The molecule has 0 saturated heterocycles. The van der Waals surface area contributed by atoms with Crippen LogP contribution in [0.15, 0.2) is 89.8 Å². The number of hydrogen-bond acceptors (Lipinski definition) is 2. The normalized spacial score (nSPS) is 12.0. The first-order valence-corrected chi connectivity index (χ1v) is 9.06. The van der Waals surface area contributed by atoms with Gasteiger partial charge in [-0.15, -0.1) is 0 Å². The molecule has 0 aliphatic carbocycles. The standard InChI is InChI=1S/C19H15FN2O2S/c20-16-11-13-17(14-12-16)21-19(15-7-3-1-4-8-15)22-25(23,24)18-9-5-2-6-10-18/h1-14H,(H,21,22)/p+1. The Bertz CT molecular complexity index is 971. The number of halogens is 1. The van der Waals surface area contributed by atoms with Gasteiger partial charge in [-0.05, 0) is 48.5 Å². The molecule has 0 unspecified atom stereocenters. The highest BCUT2D eigenvalue weighted by molar-refractivity contribution is 7.84. The predicted octanol–water partition coefficient (Wildman–Crippen LogP) is 2.15. The molecule has 6 heteroatoms. The number of hydrogen-bond donors (Lipinski definition) is 2. The lowest BCUT2D eigenvalue weighted by molar-refractivity contribution is -0.266. The summed E-state index contributed by atoms with van der Waals surface area (Å²) in [5.41, 5.74) is 1.22. The van der Waals surface area contributed by atoms with E-state index in [4.69, 9.17) is 0 Å². The lowest BCUT2D eigenvalue weighted by atomic mass is 10.2. The van der Waals surface area contributed by atoms with E-state index in [1.165, 1.54) is 36.4 Å². The van der Waals surface area contributed by atoms with Crippen molar-refractivity contribution in [1.29, 1.82) is 0 Å².